The number of benzene rings is 2. The molecule has 5 heteroatoms. The van der Waals surface area contributed by atoms with Crippen LogP contribution in [0, 0.1) is 0 Å². The average molecular weight is 408 g/mol. The number of carbonyl (C=O) groups is 1. The summed E-state index contributed by atoms with van der Waals surface area (Å²) in [4.78, 5) is 20.0. The molecule has 2 aromatic rings. The number of hydrogen-bond donors (Lipinski definition) is 0. The van der Waals surface area contributed by atoms with Gasteiger partial charge in [0.15, 0.2) is 0 Å². The zero-order valence-corrected chi connectivity index (χ0v) is 18.0. The van der Waals surface area contributed by atoms with E-state index in [1.807, 2.05) is 6.92 Å². The van der Waals surface area contributed by atoms with Crippen LogP contribution < -0.4 is 0 Å². The van der Waals surface area contributed by atoms with Gasteiger partial charge in [0.25, 0.3) is 0 Å². The number of nitrogens with zero attached hydrogens (tertiary/aromatic N) is 3. The van der Waals surface area contributed by atoms with Crippen LogP contribution in [-0.2, 0) is 16.1 Å². The molecule has 0 saturated carbocycles. The number of carbonyl (C=O) groups excluding carboxylic acids is 1. The summed E-state index contributed by atoms with van der Waals surface area (Å²) in [6, 6.07) is 19.2. The van der Waals surface area contributed by atoms with Crippen molar-refractivity contribution < 1.29 is 9.53 Å². The van der Waals surface area contributed by atoms with E-state index < -0.39 is 0 Å². The minimum Gasteiger partial charge on any atom is -0.380 e. The van der Waals surface area contributed by atoms with Crippen LogP contribution in [0.5, 0.6) is 0 Å². The topological polar surface area (TPSA) is 36.0 Å². The van der Waals surface area contributed by atoms with Crippen molar-refractivity contribution >= 4 is 5.91 Å². The van der Waals surface area contributed by atoms with Gasteiger partial charge in [-0.15, -0.1) is 0 Å². The lowest BCUT2D eigenvalue weighted by Gasteiger charge is -2.38. The van der Waals surface area contributed by atoms with Gasteiger partial charge in [0.2, 0.25) is 5.91 Å². The molecule has 0 N–H and O–H groups in total. The molecule has 0 aromatic heterocycles. The normalized spacial score (nSPS) is 20.2. The van der Waals surface area contributed by atoms with E-state index in [2.05, 4.69) is 69.3 Å². The summed E-state index contributed by atoms with van der Waals surface area (Å²) in [6.07, 6.45) is 0. The maximum atomic E-state index is 13.2. The fourth-order valence-corrected chi connectivity index (χ4v) is 4.57. The van der Waals surface area contributed by atoms with Gasteiger partial charge >= 0.3 is 0 Å². The summed E-state index contributed by atoms with van der Waals surface area (Å²) in [5.41, 5.74) is 3.91. The van der Waals surface area contributed by atoms with Crippen molar-refractivity contribution in [3.63, 3.8) is 0 Å². The molecule has 2 aliphatic rings. The fourth-order valence-electron chi connectivity index (χ4n) is 4.57. The summed E-state index contributed by atoms with van der Waals surface area (Å²) in [5, 5.41) is 0. The smallest absolute Gasteiger partial charge is 0.237 e. The van der Waals surface area contributed by atoms with Gasteiger partial charge in [-0.3, -0.25) is 14.6 Å². The van der Waals surface area contributed by atoms with E-state index in [1.54, 1.807) is 0 Å². The molecule has 0 aliphatic carbocycles. The van der Waals surface area contributed by atoms with Crippen LogP contribution in [0.2, 0.25) is 0 Å². The van der Waals surface area contributed by atoms with Crippen molar-refractivity contribution in [2.45, 2.75) is 19.4 Å². The zero-order valence-electron chi connectivity index (χ0n) is 18.0. The lowest BCUT2D eigenvalue weighted by Crippen LogP contribution is -2.51. The highest BCUT2D eigenvalue weighted by molar-refractivity contribution is 5.79. The van der Waals surface area contributed by atoms with Crippen molar-refractivity contribution in [2.75, 3.05) is 59.0 Å². The predicted molar refractivity (Wildman–Crippen MR) is 120 cm³/mol. The van der Waals surface area contributed by atoms with Crippen LogP contribution in [0.4, 0.5) is 0 Å². The van der Waals surface area contributed by atoms with Gasteiger partial charge in [0, 0.05) is 58.3 Å². The second-order valence-corrected chi connectivity index (χ2v) is 8.25. The summed E-state index contributed by atoms with van der Waals surface area (Å²) in [5.74, 6) is 0.490. The molecule has 1 fully saturated rings. The quantitative estimate of drug-likeness (QED) is 0.662. The summed E-state index contributed by atoms with van der Waals surface area (Å²) in [7, 11) is 0. The first-order chi connectivity index (χ1) is 14.7. The number of rotatable bonds is 7. The molecule has 1 amide bonds. The van der Waals surface area contributed by atoms with Crippen LogP contribution in [0.3, 0.4) is 0 Å². The van der Waals surface area contributed by atoms with Crippen LogP contribution in [0.1, 0.15) is 29.5 Å². The van der Waals surface area contributed by atoms with Crippen molar-refractivity contribution in [1.82, 2.24) is 14.7 Å². The molecular weight excluding hydrogens is 374 g/mol. The van der Waals surface area contributed by atoms with E-state index in [0.717, 1.165) is 52.5 Å². The van der Waals surface area contributed by atoms with Crippen molar-refractivity contribution in [3.8, 4) is 0 Å². The van der Waals surface area contributed by atoms with Crippen LogP contribution >= 0.6 is 0 Å². The Balaban J connectivity index is 1.37. The number of hydrogen-bond acceptors (Lipinski definition) is 4. The highest BCUT2D eigenvalue weighted by atomic mass is 16.5. The highest BCUT2D eigenvalue weighted by Crippen LogP contribution is 2.33. The van der Waals surface area contributed by atoms with Gasteiger partial charge in [-0.2, -0.15) is 0 Å². The molecule has 2 heterocycles. The SMILES string of the molecule is CCOCCN1CCN(CC(=O)N2Cc3ccccc3C(c3ccccc3)C2)CC1. The number of ether oxygens (including phenoxy) is 1. The monoisotopic (exact) mass is 407 g/mol. The minimum atomic E-state index is 0.244. The van der Waals surface area contributed by atoms with Gasteiger partial charge in [-0.1, -0.05) is 54.6 Å². The van der Waals surface area contributed by atoms with E-state index >= 15 is 0 Å². The maximum absolute atomic E-state index is 13.2. The van der Waals surface area contributed by atoms with Gasteiger partial charge < -0.3 is 9.64 Å². The second-order valence-electron chi connectivity index (χ2n) is 8.25. The van der Waals surface area contributed by atoms with Crippen molar-refractivity contribution in [2.24, 2.45) is 0 Å². The molecule has 0 radical (unpaired) electrons. The van der Waals surface area contributed by atoms with Gasteiger partial charge in [-0.25, -0.2) is 0 Å². The van der Waals surface area contributed by atoms with E-state index in [0.29, 0.717) is 13.1 Å². The Hall–Kier alpha value is -2.21. The third-order valence-corrected chi connectivity index (χ3v) is 6.33. The minimum absolute atomic E-state index is 0.244. The van der Waals surface area contributed by atoms with Crippen molar-refractivity contribution in [1.29, 1.82) is 0 Å². The van der Waals surface area contributed by atoms with Crippen molar-refractivity contribution in [3.05, 3.63) is 71.3 Å². The zero-order chi connectivity index (χ0) is 20.8. The molecule has 1 unspecified atom stereocenters. The molecule has 2 aromatic carbocycles. The van der Waals surface area contributed by atoms with Gasteiger partial charge in [-0.05, 0) is 23.6 Å². The van der Waals surface area contributed by atoms with E-state index in [9.17, 15) is 4.79 Å². The lowest BCUT2D eigenvalue weighted by molar-refractivity contribution is -0.134. The summed E-state index contributed by atoms with van der Waals surface area (Å²) >= 11 is 0. The Bertz CT molecular complexity index is 818. The first-order valence-electron chi connectivity index (χ1n) is 11.2. The number of fused-ring (bicyclic) bond motifs is 1. The molecule has 0 spiro atoms. The van der Waals surface area contributed by atoms with Crippen LogP contribution in [-0.4, -0.2) is 79.6 Å². The maximum Gasteiger partial charge on any atom is 0.237 e. The molecule has 4 rings (SSSR count). The molecular formula is C25H33N3O2. The fraction of sp³-hybridized carbons (Fsp3) is 0.480. The first kappa shape index (κ1) is 21.0. The van der Waals surface area contributed by atoms with E-state index in [4.69, 9.17) is 4.74 Å². The molecule has 1 atom stereocenters. The molecule has 1 saturated heterocycles. The Kier molecular flexibility index (Phi) is 7.16. The Morgan fingerprint density at radius 3 is 2.43 bits per heavy atom. The summed E-state index contributed by atoms with van der Waals surface area (Å²) < 4.78 is 5.47. The van der Waals surface area contributed by atoms with Crippen LogP contribution in [0.25, 0.3) is 0 Å². The third kappa shape index (κ3) is 5.09. The summed E-state index contributed by atoms with van der Waals surface area (Å²) in [6.45, 7) is 10.5. The predicted octanol–water partition coefficient (Wildman–Crippen LogP) is 2.81. The van der Waals surface area contributed by atoms with E-state index in [-0.39, 0.29) is 11.8 Å². The number of piperazine rings is 1. The third-order valence-electron chi connectivity index (χ3n) is 6.33. The molecule has 30 heavy (non-hydrogen) atoms. The van der Waals surface area contributed by atoms with Gasteiger partial charge in [0.1, 0.15) is 0 Å². The standard InChI is InChI=1S/C25H33N3O2/c1-2-30-17-16-26-12-14-27(15-13-26)20-25(29)28-18-22-10-6-7-11-23(22)24(19-28)21-8-4-3-5-9-21/h3-11,24H,2,12-20H2,1H3. The number of amides is 1. The molecule has 160 valence electrons. The molecule has 5 nitrogen and oxygen atoms in total. The van der Waals surface area contributed by atoms with E-state index in [1.165, 1.54) is 16.7 Å². The second kappa shape index (κ2) is 10.2. The highest BCUT2D eigenvalue weighted by Gasteiger charge is 2.30. The lowest BCUT2D eigenvalue weighted by atomic mass is 9.84. The average Bonchev–Trinajstić information content (AvgIpc) is 2.80. The molecule has 0 bridgehead atoms. The first-order valence-corrected chi connectivity index (χ1v) is 11.2. The Labute approximate surface area is 180 Å². The Morgan fingerprint density at radius 2 is 1.67 bits per heavy atom. The Morgan fingerprint density at radius 1 is 0.967 bits per heavy atom. The molecule has 2 aliphatic heterocycles. The van der Waals surface area contributed by atoms with Crippen LogP contribution in [0.15, 0.2) is 54.6 Å². The van der Waals surface area contributed by atoms with Gasteiger partial charge in [0.05, 0.1) is 13.2 Å². The largest absolute Gasteiger partial charge is 0.380 e.